The van der Waals surface area contributed by atoms with E-state index >= 15 is 0 Å². The summed E-state index contributed by atoms with van der Waals surface area (Å²) in [6.07, 6.45) is 3.54. The highest BCUT2D eigenvalue weighted by molar-refractivity contribution is 6.30. The van der Waals surface area contributed by atoms with Gasteiger partial charge in [-0.05, 0) is 38.1 Å². The number of nitrogens with one attached hydrogen (secondary N) is 1. The quantitative estimate of drug-likeness (QED) is 0.782. The fourth-order valence-electron chi connectivity index (χ4n) is 2.24. The predicted octanol–water partition coefficient (Wildman–Crippen LogP) is 3.57. The second kappa shape index (κ2) is 6.23. The summed E-state index contributed by atoms with van der Waals surface area (Å²) >= 11 is 5.95. The number of hydrogen-bond acceptors (Lipinski definition) is 4. The van der Waals surface area contributed by atoms with Crippen molar-refractivity contribution in [1.82, 2.24) is 14.6 Å². The minimum absolute atomic E-state index is 0.0236. The molecule has 2 heterocycles. The van der Waals surface area contributed by atoms with E-state index in [4.69, 9.17) is 16.3 Å². The summed E-state index contributed by atoms with van der Waals surface area (Å²) in [4.78, 5) is 4.36. The van der Waals surface area contributed by atoms with Crippen LogP contribution in [0.1, 0.15) is 12.6 Å². The van der Waals surface area contributed by atoms with Crippen LogP contribution in [-0.2, 0) is 0 Å². The molecule has 0 fully saturated rings. The van der Waals surface area contributed by atoms with Crippen LogP contribution in [0.25, 0.3) is 5.52 Å². The maximum atomic E-state index is 5.95. The molecular formula is C16H17ClN4O. The van der Waals surface area contributed by atoms with Crippen LogP contribution >= 0.6 is 11.6 Å². The number of benzene rings is 1. The van der Waals surface area contributed by atoms with Gasteiger partial charge in [0.05, 0.1) is 12.2 Å². The smallest absolute Gasteiger partial charge is 0.152 e. The monoisotopic (exact) mass is 316 g/mol. The largest absolute Gasteiger partial charge is 0.489 e. The summed E-state index contributed by atoms with van der Waals surface area (Å²) in [5.74, 6) is 1.55. The highest BCUT2D eigenvalue weighted by Gasteiger charge is 2.08. The molecule has 0 radical (unpaired) electrons. The molecule has 0 spiro atoms. The molecule has 3 rings (SSSR count). The fraction of sp³-hybridized carbons (Fsp3) is 0.250. The van der Waals surface area contributed by atoms with Crippen molar-refractivity contribution in [1.29, 1.82) is 0 Å². The Hall–Kier alpha value is -2.27. The predicted molar refractivity (Wildman–Crippen MR) is 87.8 cm³/mol. The Morgan fingerprint density at radius 1 is 1.36 bits per heavy atom. The average molecular weight is 317 g/mol. The van der Waals surface area contributed by atoms with Crippen LogP contribution in [0.3, 0.4) is 0 Å². The molecule has 0 saturated heterocycles. The molecule has 1 unspecified atom stereocenters. The van der Waals surface area contributed by atoms with Gasteiger partial charge in [0.1, 0.15) is 17.4 Å². The number of aromatic nitrogens is 3. The maximum absolute atomic E-state index is 5.95. The Bertz CT molecular complexity index is 787. The summed E-state index contributed by atoms with van der Waals surface area (Å²) in [6.45, 7) is 4.58. The van der Waals surface area contributed by atoms with Gasteiger partial charge in [0.2, 0.25) is 0 Å². The first-order valence-corrected chi connectivity index (χ1v) is 7.47. The van der Waals surface area contributed by atoms with Gasteiger partial charge in [-0.3, -0.25) is 0 Å². The zero-order valence-electron chi connectivity index (χ0n) is 12.5. The standard InChI is InChI=1S/C16H17ClN4O/c1-11-8-15-16(18-6-7-21(15)20-11)19-10-12(2)22-14-5-3-4-13(17)9-14/h3-9,12H,10H2,1-2H3,(H,18,19). The lowest BCUT2D eigenvalue weighted by Crippen LogP contribution is -2.23. The number of hydrogen-bond donors (Lipinski definition) is 1. The first-order chi connectivity index (χ1) is 10.6. The highest BCUT2D eigenvalue weighted by Crippen LogP contribution is 2.19. The van der Waals surface area contributed by atoms with Gasteiger partial charge in [-0.25, -0.2) is 9.50 Å². The van der Waals surface area contributed by atoms with E-state index in [2.05, 4.69) is 15.4 Å². The van der Waals surface area contributed by atoms with Gasteiger partial charge in [0.25, 0.3) is 0 Å². The van der Waals surface area contributed by atoms with Crippen molar-refractivity contribution in [3.8, 4) is 5.75 Å². The van der Waals surface area contributed by atoms with Crippen LogP contribution in [0, 0.1) is 6.92 Å². The molecule has 114 valence electrons. The van der Waals surface area contributed by atoms with Gasteiger partial charge in [0.15, 0.2) is 5.82 Å². The Balaban J connectivity index is 1.66. The van der Waals surface area contributed by atoms with Crippen molar-refractivity contribution in [2.24, 2.45) is 0 Å². The molecule has 1 aromatic carbocycles. The summed E-state index contributed by atoms with van der Waals surface area (Å²) < 4.78 is 7.65. The van der Waals surface area contributed by atoms with Gasteiger partial charge in [-0.1, -0.05) is 17.7 Å². The molecule has 0 amide bonds. The molecule has 0 aliphatic heterocycles. The number of anilines is 1. The van der Waals surface area contributed by atoms with E-state index in [1.807, 2.05) is 48.8 Å². The van der Waals surface area contributed by atoms with Crippen molar-refractivity contribution in [3.05, 3.63) is 53.4 Å². The minimum Gasteiger partial charge on any atom is -0.489 e. The van der Waals surface area contributed by atoms with Gasteiger partial charge in [0, 0.05) is 17.4 Å². The summed E-state index contributed by atoms with van der Waals surface area (Å²) in [6, 6.07) is 9.38. The second-order valence-corrected chi connectivity index (χ2v) is 5.59. The SMILES string of the molecule is Cc1cc2c(NCC(C)Oc3cccc(Cl)c3)nccn2n1. The molecule has 0 saturated carbocycles. The zero-order chi connectivity index (χ0) is 15.5. The molecule has 0 bridgehead atoms. The van der Waals surface area contributed by atoms with Crippen LogP contribution in [-0.4, -0.2) is 27.2 Å². The van der Waals surface area contributed by atoms with E-state index in [-0.39, 0.29) is 6.10 Å². The first kappa shape index (κ1) is 14.7. The number of aryl methyl sites for hydroxylation is 1. The molecular weight excluding hydrogens is 300 g/mol. The van der Waals surface area contributed by atoms with E-state index in [0.717, 1.165) is 22.8 Å². The molecule has 5 nitrogen and oxygen atoms in total. The van der Waals surface area contributed by atoms with Crippen molar-refractivity contribution in [3.63, 3.8) is 0 Å². The molecule has 22 heavy (non-hydrogen) atoms. The number of fused-ring (bicyclic) bond motifs is 1. The molecule has 2 aromatic heterocycles. The van der Waals surface area contributed by atoms with Crippen molar-refractivity contribution >= 4 is 22.9 Å². The van der Waals surface area contributed by atoms with Gasteiger partial charge in [-0.2, -0.15) is 5.10 Å². The van der Waals surface area contributed by atoms with E-state index in [1.54, 1.807) is 12.3 Å². The van der Waals surface area contributed by atoms with Crippen LogP contribution in [0.4, 0.5) is 5.82 Å². The molecule has 3 aromatic rings. The molecule has 0 aliphatic rings. The maximum Gasteiger partial charge on any atom is 0.152 e. The average Bonchev–Trinajstić information content (AvgIpc) is 2.86. The van der Waals surface area contributed by atoms with Gasteiger partial charge >= 0.3 is 0 Å². The molecule has 1 atom stereocenters. The number of nitrogens with zero attached hydrogens (tertiary/aromatic N) is 3. The van der Waals surface area contributed by atoms with Gasteiger partial charge < -0.3 is 10.1 Å². The third-order valence-corrected chi connectivity index (χ3v) is 3.44. The lowest BCUT2D eigenvalue weighted by Gasteiger charge is -2.16. The topological polar surface area (TPSA) is 51.5 Å². The molecule has 6 heteroatoms. The Morgan fingerprint density at radius 2 is 2.23 bits per heavy atom. The Kier molecular flexibility index (Phi) is 4.15. The second-order valence-electron chi connectivity index (χ2n) is 5.16. The number of ether oxygens (including phenoxy) is 1. The fourth-order valence-corrected chi connectivity index (χ4v) is 2.42. The van der Waals surface area contributed by atoms with Crippen molar-refractivity contribution in [2.45, 2.75) is 20.0 Å². The van der Waals surface area contributed by atoms with E-state index < -0.39 is 0 Å². The first-order valence-electron chi connectivity index (χ1n) is 7.09. The van der Waals surface area contributed by atoms with Gasteiger partial charge in [-0.15, -0.1) is 0 Å². The molecule has 0 aliphatic carbocycles. The van der Waals surface area contributed by atoms with E-state index in [0.29, 0.717) is 11.6 Å². The van der Waals surface area contributed by atoms with Crippen LogP contribution in [0.5, 0.6) is 5.75 Å². The normalized spacial score (nSPS) is 12.3. The number of rotatable bonds is 5. The third kappa shape index (κ3) is 3.31. The van der Waals surface area contributed by atoms with Crippen LogP contribution in [0.2, 0.25) is 5.02 Å². The lowest BCUT2D eigenvalue weighted by molar-refractivity contribution is 0.234. The summed E-state index contributed by atoms with van der Waals surface area (Å²) in [7, 11) is 0. The highest BCUT2D eigenvalue weighted by atomic mass is 35.5. The molecule has 1 N–H and O–H groups in total. The van der Waals surface area contributed by atoms with Crippen molar-refractivity contribution < 1.29 is 4.74 Å². The zero-order valence-corrected chi connectivity index (χ0v) is 13.2. The summed E-state index contributed by atoms with van der Waals surface area (Å²) in [5.41, 5.74) is 1.91. The van der Waals surface area contributed by atoms with Crippen LogP contribution in [0.15, 0.2) is 42.7 Å². The Labute approximate surface area is 133 Å². The minimum atomic E-state index is -0.0236. The Morgan fingerprint density at radius 3 is 3.05 bits per heavy atom. The van der Waals surface area contributed by atoms with Crippen molar-refractivity contribution in [2.75, 3.05) is 11.9 Å². The lowest BCUT2D eigenvalue weighted by atomic mass is 10.3. The number of halogens is 1. The summed E-state index contributed by atoms with van der Waals surface area (Å²) in [5, 5.41) is 8.34. The van der Waals surface area contributed by atoms with E-state index in [1.165, 1.54) is 0 Å². The van der Waals surface area contributed by atoms with Crippen LogP contribution < -0.4 is 10.1 Å². The third-order valence-electron chi connectivity index (χ3n) is 3.20. The van der Waals surface area contributed by atoms with E-state index in [9.17, 15) is 0 Å².